The van der Waals surface area contributed by atoms with Crippen LogP contribution in [0.4, 0.5) is 10.9 Å². The van der Waals surface area contributed by atoms with Crippen LogP contribution in [0.1, 0.15) is 59.3 Å². The van der Waals surface area contributed by atoms with Crippen molar-refractivity contribution in [3.05, 3.63) is 76.4 Å². The highest BCUT2D eigenvalue weighted by molar-refractivity contribution is 7.15. The van der Waals surface area contributed by atoms with Gasteiger partial charge >= 0.3 is 0 Å². The van der Waals surface area contributed by atoms with Crippen LogP contribution in [0, 0.1) is 0 Å². The maximum atomic E-state index is 12.4. The average Bonchev–Trinajstić information content (AvgIpc) is 3.72. The number of anilines is 2. The van der Waals surface area contributed by atoms with Crippen LogP contribution < -0.4 is 15.4 Å². The van der Waals surface area contributed by atoms with Gasteiger partial charge in [0.1, 0.15) is 10.8 Å². The number of nitrogens with one attached hydrogen (secondary N) is 2. The summed E-state index contributed by atoms with van der Waals surface area (Å²) in [5.41, 5.74) is 3.53. The Balaban J connectivity index is 0.996. The summed E-state index contributed by atoms with van der Waals surface area (Å²) in [4.78, 5) is 33.2. The summed E-state index contributed by atoms with van der Waals surface area (Å²) in [6.07, 6.45) is 9.44. The lowest BCUT2D eigenvalue weighted by Gasteiger charge is -2.06. The topological polar surface area (TPSA) is 145 Å². The van der Waals surface area contributed by atoms with Crippen molar-refractivity contribution >= 4 is 34.1 Å². The molecule has 2 amide bonds. The second kappa shape index (κ2) is 13.2. The van der Waals surface area contributed by atoms with Crippen LogP contribution in [0.25, 0.3) is 0 Å². The lowest BCUT2D eigenvalue weighted by atomic mass is 10.1. The summed E-state index contributed by atoms with van der Waals surface area (Å²) in [7, 11) is 1.57. The number of hydrogen-bond acceptors (Lipinski definition) is 10. The Morgan fingerprint density at radius 1 is 0.875 bits per heavy atom. The lowest BCUT2D eigenvalue weighted by molar-refractivity contribution is -0.116. The van der Waals surface area contributed by atoms with Crippen molar-refractivity contribution in [1.29, 1.82) is 0 Å². The van der Waals surface area contributed by atoms with Gasteiger partial charge in [-0.1, -0.05) is 11.3 Å². The minimum atomic E-state index is -0.196. The van der Waals surface area contributed by atoms with Gasteiger partial charge in [0, 0.05) is 24.0 Å². The number of aromatic nitrogens is 6. The quantitative estimate of drug-likeness (QED) is 0.233. The van der Waals surface area contributed by atoms with Gasteiger partial charge in [0.05, 0.1) is 31.8 Å². The van der Waals surface area contributed by atoms with Gasteiger partial charge in [-0.15, -0.1) is 15.3 Å². The van der Waals surface area contributed by atoms with Crippen LogP contribution in [0.15, 0.2) is 48.8 Å². The van der Waals surface area contributed by atoms with Gasteiger partial charge in [0.2, 0.25) is 16.9 Å². The Morgan fingerprint density at radius 3 is 2.42 bits per heavy atom. The van der Waals surface area contributed by atoms with E-state index in [-0.39, 0.29) is 24.7 Å². The monoisotopic (exact) mass is 558 g/mol. The predicted molar refractivity (Wildman–Crippen MR) is 150 cm³/mol. The molecular formula is C28H30N8O3S. The van der Waals surface area contributed by atoms with Crippen LogP contribution in [0.2, 0.25) is 0 Å². The molecule has 0 atom stereocenters. The Labute approximate surface area is 235 Å². The third kappa shape index (κ3) is 8.09. The molecule has 1 fully saturated rings. The number of carbonyl (C=O) groups is 2. The highest BCUT2D eigenvalue weighted by Crippen LogP contribution is 2.39. The van der Waals surface area contributed by atoms with E-state index in [9.17, 15) is 9.59 Å². The number of unbranched alkanes of at least 4 members (excludes halogenated alkanes) is 1. The first-order chi connectivity index (χ1) is 19.5. The van der Waals surface area contributed by atoms with Crippen molar-refractivity contribution in [1.82, 2.24) is 30.4 Å². The van der Waals surface area contributed by atoms with Gasteiger partial charge in [-0.05, 0) is 80.0 Å². The highest BCUT2D eigenvalue weighted by atomic mass is 32.1. The van der Waals surface area contributed by atoms with Crippen molar-refractivity contribution in [2.24, 2.45) is 0 Å². The Morgan fingerprint density at radius 2 is 1.68 bits per heavy atom. The van der Waals surface area contributed by atoms with Gasteiger partial charge in [-0.25, -0.2) is 0 Å². The SMILES string of the molecule is COc1ccc(CC(=O)Nc2nnc(CCCCc3ccc(NC(=O)Cc4cc(C5CC5)ccn4)nn3)s2)nc1. The summed E-state index contributed by atoms with van der Waals surface area (Å²) in [6, 6.07) is 11.2. The standard InChI is InChI=1S/C28H30N8O3S/c1-39-23-10-8-21(30-17-23)15-26(38)32-28-36-35-27(40-28)5-3-2-4-20-9-11-24(34-33-20)31-25(37)16-22-14-19(12-13-29-22)18-6-7-18/h8-14,17-18H,2-7,15-16H2,1H3,(H,31,34,37)(H,32,36,38). The zero-order valence-electron chi connectivity index (χ0n) is 22.2. The van der Waals surface area contributed by atoms with Gasteiger partial charge < -0.3 is 15.4 Å². The molecule has 40 heavy (non-hydrogen) atoms. The number of carbonyl (C=O) groups excluding carboxylic acids is 2. The number of nitrogens with zero attached hydrogens (tertiary/aromatic N) is 6. The molecule has 0 unspecified atom stereocenters. The fraction of sp³-hybridized carbons (Fsp3) is 0.357. The van der Waals surface area contributed by atoms with Crippen molar-refractivity contribution in [3.63, 3.8) is 0 Å². The molecule has 0 aliphatic heterocycles. The molecule has 2 N–H and O–H groups in total. The van der Waals surface area contributed by atoms with Crippen LogP contribution >= 0.6 is 11.3 Å². The number of aryl methyl sites for hydroxylation is 2. The van der Waals surface area contributed by atoms with Crippen LogP contribution in [0.5, 0.6) is 5.75 Å². The molecule has 4 aromatic rings. The number of methoxy groups -OCH3 is 1. The number of amides is 2. The maximum Gasteiger partial charge on any atom is 0.232 e. The van der Waals surface area contributed by atoms with E-state index in [0.29, 0.717) is 28.3 Å². The zero-order chi connectivity index (χ0) is 27.7. The molecule has 0 bridgehead atoms. The molecule has 4 aromatic heterocycles. The molecule has 0 saturated heterocycles. The highest BCUT2D eigenvalue weighted by Gasteiger charge is 2.23. The molecule has 11 nitrogen and oxygen atoms in total. The molecule has 0 aromatic carbocycles. The summed E-state index contributed by atoms with van der Waals surface area (Å²) in [5.74, 6) is 1.34. The van der Waals surface area contributed by atoms with Crippen LogP contribution in [0.3, 0.4) is 0 Å². The summed E-state index contributed by atoms with van der Waals surface area (Å²) >= 11 is 1.37. The predicted octanol–water partition coefficient (Wildman–Crippen LogP) is 3.93. The number of ether oxygens (including phenoxy) is 1. The molecule has 0 radical (unpaired) electrons. The van der Waals surface area contributed by atoms with E-state index < -0.39 is 0 Å². The molecular weight excluding hydrogens is 528 g/mol. The molecule has 12 heteroatoms. The number of pyridine rings is 2. The normalized spacial score (nSPS) is 12.6. The van der Waals surface area contributed by atoms with E-state index in [0.717, 1.165) is 42.1 Å². The van der Waals surface area contributed by atoms with E-state index in [1.807, 2.05) is 18.2 Å². The number of rotatable bonds is 13. The van der Waals surface area contributed by atoms with Crippen molar-refractivity contribution in [2.75, 3.05) is 17.7 Å². The van der Waals surface area contributed by atoms with E-state index in [2.05, 4.69) is 41.0 Å². The Kier molecular flexibility index (Phi) is 8.96. The van der Waals surface area contributed by atoms with E-state index in [1.165, 1.54) is 29.7 Å². The zero-order valence-corrected chi connectivity index (χ0v) is 23.0. The van der Waals surface area contributed by atoms with Crippen molar-refractivity contribution < 1.29 is 14.3 Å². The van der Waals surface area contributed by atoms with E-state index in [1.54, 1.807) is 37.7 Å². The summed E-state index contributed by atoms with van der Waals surface area (Å²) in [6.45, 7) is 0. The lowest BCUT2D eigenvalue weighted by Crippen LogP contribution is -2.16. The fourth-order valence-electron chi connectivity index (χ4n) is 4.13. The van der Waals surface area contributed by atoms with E-state index in [4.69, 9.17) is 4.74 Å². The third-order valence-electron chi connectivity index (χ3n) is 6.38. The van der Waals surface area contributed by atoms with E-state index >= 15 is 0 Å². The van der Waals surface area contributed by atoms with Gasteiger partial charge in [0.25, 0.3) is 0 Å². The molecule has 1 aliphatic rings. The molecule has 206 valence electrons. The first-order valence-electron chi connectivity index (χ1n) is 13.2. The summed E-state index contributed by atoms with van der Waals surface area (Å²) in [5, 5.41) is 23.6. The minimum Gasteiger partial charge on any atom is -0.495 e. The molecule has 1 aliphatic carbocycles. The van der Waals surface area contributed by atoms with Crippen LogP contribution in [-0.2, 0) is 35.3 Å². The molecule has 1 saturated carbocycles. The first-order valence-corrected chi connectivity index (χ1v) is 14.0. The maximum absolute atomic E-state index is 12.4. The number of hydrogen-bond donors (Lipinski definition) is 2. The second-order valence-corrected chi connectivity index (χ2v) is 10.7. The van der Waals surface area contributed by atoms with Crippen molar-refractivity contribution in [2.45, 2.75) is 57.3 Å². The molecule has 0 spiro atoms. The average molecular weight is 559 g/mol. The van der Waals surface area contributed by atoms with Gasteiger partial charge in [0.15, 0.2) is 5.82 Å². The minimum absolute atomic E-state index is 0.147. The summed E-state index contributed by atoms with van der Waals surface area (Å²) < 4.78 is 5.08. The second-order valence-electron chi connectivity index (χ2n) is 9.61. The smallest absolute Gasteiger partial charge is 0.232 e. The van der Waals surface area contributed by atoms with Crippen molar-refractivity contribution in [3.8, 4) is 5.75 Å². The fourth-order valence-corrected chi connectivity index (χ4v) is 4.92. The van der Waals surface area contributed by atoms with Crippen LogP contribution in [-0.4, -0.2) is 49.3 Å². The Bertz CT molecular complexity index is 1440. The Hall–Kier alpha value is -4.32. The largest absolute Gasteiger partial charge is 0.495 e. The molecule has 5 rings (SSSR count). The molecule has 4 heterocycles. The van der Waals surface area contributed by atoms with Gasteiger partial charge in [-0.2, -0.15) is 5.10 Å². The third-order valence-corrected chi connectivity index (χ3v) is 7.28. The first kappa shape index (κ1) is 27.3. The van der Waals surface area contributed by atoms with Gasteiger partial charge in [-0.3, -0.25) is 19.6 Å².